The molecule has 24 heavy (non-hydrogen) atoms. The third-order valence-corrected chi connectivity index (χ3v) is 4.81. The zero-order valence-corrected chi connectivity index (χ0v) is 15.4. The second-order valence-corrected chi connectivity index (χ2v) is 7.09. The Morgan fingerprint density at radius 1 is 1.08 bits per heavy atom. The summed E-state index contributed by atoms with van der Waals surface area (Å²) in [6.07, 6.45) is -5.68. The first-order valence-corrected chi connectivity index (χ1v) is 8.39. The van der Waals surface area contributed by atoms with Crippen LogP contribution in [0.1, 0.15) is 24.5 Å². The first-order valence-electron chi connectivity index (χ1n) is 7.32. The molecule has 0 radical (unpaired) electrons. The molecule has 0 aliphatic rings. The molecule has 2 rings (SSSR count). The lowest BCUT2D eigenvalue weighted by Gasteiger charge is -2.30. The Labute approximate surface area is 152 Å². The molecule has 0 fully saturated rings. The van der Waals surface area contributed by atoms with Crippen molar-refractivity contribution in [2.24, 2.45) is 0 Å². The van der Waals surface area contributed by atoms with Gasteiger partial charge in [-0.05, 0) is 54.1 Å². The molecule has 0 heterocycles. The summed E-state index contributed by atoms with van der Waals surface area (Å²) in [5, 5.41) is 2.64. The smallest absolute Gasteiger partial charge is 0.324 e. The van der Waals surface area contributed by atoms with Crippen LogP contribution in [0.4, 0.5) is 18.9 Å². The molecular weight excluding hydrogens is 430 g/mol. The largest absolute Gasteiger partial charge is 0.390 e. The molecule has 0 aliphatic heterocycles. The lowest BCUT2D eigenvalue weighted by Crippen LogP contribution is -2.41. The van der Waals surface area contributed by atoms with Crippen molar-refractivity contribution >= 4 is 34.2 Å². The Kier molecular flexibility index (Phi) is 5.57. The summed E-state index contributed by atoms with van der Waals surface area (Å²) in [7, 11) is 0. The van der Waals surface area contributed by atoms with Gasteiger partial charge in [0, 0.05) is 3.57 Å². The third kappa shape index (κ3) is 4.49. The van der Waals surface area contributed by atoms with E-state index in [1.165, 1.54) is 6.92 Å². The van der Waals surface area contributed by atoms with Crippen LogP contribution >= 0.6 is 22.6 Å². The highest BCUT2D eigenvalue weighted by Crippen LogP contribution is 2.38. The lowest BCUT2D eigenvalue weighted by atomic mass is 9.78. The molecule has 1 atom stereocenters. The predicted molar refractivity (Wildman–Crippen MR) is 97.0 cm³/mol. The third-order valence-electron chi connectivity index (χ3n) is 3.87. The van der Waals surface area contributed by atoms with Gasteiger partial charge in [0.2, 0.25) is 5.91 Å². The van der Waals surface area contributed by atoms with Gasteiger partial charge in [0.1, 0.15) is 0 Å². The van der Waals surface area contributed by atoms with E-state index in [0.29, 0.717) is 11.3 Å². The van der Waals surface area contributed by atoms with Crippen molar-refractivity contribution in [2.75, 3.05) is 5.32 Å². The normalized spacial score (nSPS) is 14.1. The number of amides is 1. The van der Waals surface area contributed by atoms with E-state index in [4.69, 9.17) is 0 Å². The van der Waals surface area contributed by atoms with Crippen LogP contribution in [0, 0.1) is 10.5 Å². The molecule has 1 amide bonds. The topological polar surface area (TPSA) is 29.1 Å². The molecule has 0 bridgehead atoms. The Hall–Kier alpha value is -1.57. The molecule has 0 aromatic heterocycles. The van der Waals surface area contributed by atoms with E-state index < -0.39 is 23.9 Å². The van der Waals surface area contributed by atoms with Crippen LogP contribution in [0.25, 0.3) is 0 Å². The van der Waals surface area contributed by atoms with Crippen LogP contribution in [-0.4, -0.2) is 12.1 Å². The van der Waals surface area contributed by atoms with Crippen molar-refractivity contribution in [3.8, 4) is 0 Å². The molecule has 0 saturated carbocycles. The second-order valence-electron chi connectivity index (χ2n) is 5.92. The highest BCUT2D eigenvalue weighted by Gasteiger charge is 2.45. The van der Waals surface area contributed by atoms with Crippen molar-refractivity contribution in [2.45, 2.75) is 31.9 Å². The zero-order valence-electron chi connectivity index (χ0n) is 13.2. The van der Waals surface area contributed by atoms with E-state index in [9.17, 15) is 18.0 Å². The number of alkyl halides is 3. The van der Waals surface area contributed by atoms with Gasteiger partial charge < -0.3 is 5.32 Å². The van der Waals surface area contributed by atoms with Crippen molar-refractivity contribution in [1.82, 2.24) is 0 Å². The minimum atomic E-state index is -4.46. The summed E-state index contributed by atoms with van der Waals surface area (Å²) in [4.78, 5) is 12.7. The van der Waals surface area contributed by atoms with Crippen molar-refractivity contribution < 1.29 is 18.0 Å². The molecule has 2 nitrogen and oxygen atoms in total. The molecule has 0 aliphatic carbocycles. The number of carbonyl (C=O) groups is 1. The van der Waals surface area contributed by atoms with E-state index in [1.54, 1.807) is 48.5 Å². The maximum absolute atomic E-state index is 13.1. The standard InChI is InChI=1S/C18H17F3INO/c1-12-7-9-13(10-8-12)17(2,11-18(19,20)21)16(24)23-15-6-4-3-5-14(15)22/h3-10H,11H2,1-2H3,(H,23,24). The molecular formula is C18H17F3INO. The van der Waals surface area contributed by atoms with Gasteiger partial charge in [0.15, 0.2) is 0 Å². The fourth-order valence-electron chi connectivity index (χ4n) is 2.46. The second kappa shape index (κ2) is 7.13. The maximum Gasteiger partial charge on any atom is 0.390 e. The fourth-order valence-corrected chi connectivity index (χ4v) is 2.98. The SMILES string of the molecule is Cc1ccc(C(C)(CC(F)(F)F)C(=O)Nc2ccccc2I)cc1. The van der Waals surface area contributed by atoms with Gasteiger partial charge in [0.05, 0.1) is 17.5 Å². The van der Waals surface area contributed by atoms with Crippen molar-refractivity contribution in [3.63, 3.8) is 0 Å². The summed E-state index contributed by atoms with van der Waals surface area (Å²) in [6.45, 7) is 3.17. The molecule has 2 aromatic carbocycles. The number of benzene rings is 2. The molecule has 128 valence electrons. The Morgan fingerprint density at radius 2 is 1.67 bits per heavy atom. The van der Waals surface area contributed by atoms with E-state index in [0.717, 1.165) is 9.13 Å². The van der Waals surface area contributed by atoms with Crippen LogP contribution in [0.2, 0.25) is 0 Å². The summed E-state index contributed by atoms with van der Waals surface area (Å²) >= 11 is 2.03. The molecule has 1 N–H and O–H groups in total. The number of carbonyl (C=O) groups excluding carboxylic acids is 1. The monoisotopic (exact) mass is 447 g/mol. The number of aryl methyl sites for hydroxylation is 1. The Morgan fingerprint density at radius 3 is 2.21 bits per heavy atom. The van der Waals surface area contributed by atoms with Crippen LogP contribution < -0.4 is 5.32 Å². The van der Waals surface area contributed by atoms with Gasteiger partial charge in [-0.3, -0.25) is 4.79 Å². The highest BCUT2D eigenvalue weighted by molar-refractivity contribution is 14.1. The van der Waals surface area contributed by atoms with Crippen LogP contribution in [0.15, 0.2) is 48.5 Å². The number of anilines is 1. The minimum Gasteiger partial charge on any atom is -0.324 e. The van der Waals surface area contributed by atoms with E-state index in [1.807, 2.05) is 29.5 Å². The number of para-hydroxylation sites is 1. The van der Waals surface area contributed by atoms with Gasteiger partial charge in [-0.25, -0.2) is 0 Å². The zero-order chi connectivity index (χ0) is 18.0. The maximum atomic E-state index is 13.1. The average Bonchev–Trinajstić information content (AvgIpc) is 2.48. The van der Waals surface area contributed by atoms with Gasteiger partial charge in [-0.15, -0.1) is 0 Å². The van der Waals surface area contributed by atoms with Crippen molar-refractivity contribution in [1.29, 1.82) is 0 Å². The summed E-state index contributed by atoms with van der Waals surface area (Å²) < 4.78 is 40.1. The Balaban J connectivity index is 2.40. The van der Waals surface area contributed by atoms with Gasteiger partial charge >= 0.3 is 6.18 Å². The number of rotatable bonds is 4. The predicted octanol–water partition coefficient (Wildman–Crippen LogP) is 5.45. The van der Waals surface area contributed by atoms with E-state index in [2.05, 4.69) is 5.32 Å². The summed E-state index contributed by atoms with van der Waals surface area (Å²) in [5.41, 5.74) is 0.0637. The minimum absolute atomic E-state index is 0.342. The number of nitrogens with one attached hydrogen (secondary N) is 1. The van der Waals surface area contributed by atoms with Gasteiger partial charge in [0.25, 0.3) is 0 Å². The average molecular weight is 447 g/mol. The van der Waals surface area contributed by atoms with Gasteiger partial charge in [-0.1, -0.05) is 42.0 Å². The highest BCUT2D eigenvalue weighted by atomic mass is 127. The quantitative estimate of drug-likeness (QED) is 0.621. The molecule has 6 heteroatoms. The lowest BCUT2D eigenvalue weighted by molar-refractivity contribution is -0.155. The molecule has 1 unspecified atom stereocenters. The number of hydrogen-bond donors (Lipinski definition) is 1. The van der Waals surface area contributed by atoms with E-state index in [-0.39, 0.29) is 0 Å². The Bertz CT molecular complexity index is 728. The van der Waals surface area contributed by atoms with E-state index >= 15 is 0 Å². The van der Waals surface area contributed by atoms with Crippen LogP contribution in [-0.2, 0) is 10.2 Å². The first kappa shape index (κ1) is 18.8. The molecule has 0 spiro atoms. The number of hydrogen-bond acceptors (Lipinski definition) is 1. The summed E-state index contributed by atoms with van der Waals surface area (Å²) in [6, 6.07) is 13.6. The first-order chi connectivity index (χ1) is 11.1. The number of halogens is 4. The van der Waals surface area contributed by atoms with Crippen LogP contribution in [0.5, 0.6) is 0 Å². The molecule has 2 aromatic rings. The molecule has 0 saturated heterocycles. The van der Waals surface area contributed by atoms with Crippen LogP contribution in [0.3, 0.4) is 0 Å². The fraction of sp³-hybridized carbons (Fsp3) is 0.278. The summed E-state index contributed by atoms with van der Waals surface area (Å²) in [5.74, 6) is -0.673. The van der Waals surface area contributed by atoms with Gasteiger partial charge in [-0.2, -0.15) is 13.2 Å². The van der Waals surface area contributed by atoms with Crippen molar-refractivity contribution in [3.05, 3.63) is 63.2 Å².